The predicted octanol–water partition coefficient (Wildman–Crippen LogP) is 5.02. The molecule has 3 unspecified atom stereocenters. The number of halogens is 3. The van der Waals surface area contributed by atoms with Crippen LogP contribution in [0, 0.1) is 5.82 Å². The fraction of sp³-hybridized carbons (Fsp3) is 0.379. The van der Waals surface area contributed by atoms with Crippen LogP contribution >= 0.6 is 15.9 Å². The van der Waals surface area contributed by atoms with E-state index >= 15 is 8.78 Å². The third-order valence-electron chi connectivity index (χ3n) is 6.90. The number of amidine groups is 1. The topological polar surface area (TPSA) is 94.9 Å². The highest BCUT2D eigenvalue weighted by Crippen LogP contribution is 2.39. The van der Waals surface area contributed by atoms with E-state index in [-0.39, 0.29) is 24.8 Å². The van der Waals surface area contributed by atoms with E-state index in [9.17, 15) is 5.11 Å². The molecule has 2 heterocycles. The van der Waals surface area contributed by atoms with Crippen molar-refractivity contribution in [2.45, 2.75) is 37.8 Å². The fourth-order valence-corrected chi connectivity index (χ4v) is 4.95. The van der Waals surface area contributed by atoms with Crippen LogP contribution in [0.1, 0.15) is 23.7 Å². The Hall–Kier alpha value is -3.64. The molecule has 0 spiro atoms. The van der Waals surface area contributed by atoms with Crippen molar-refractivity contribution in [1.82, 2.24) is 9.88 Å². The number of aliphatic hydroxyl groups excluding tert-OH is 1. The van der Waals surface area contributed by atoms with Crippen LogP contribution in [-0.2, 0) is 23.4 Å². The van der Waals surface area contributed by atoms with E-state index in [1.165, 1.54) is 33.3 Å². The number of ether oxygens (including phenoxy) is 5. The molecular weight excluding hydrogens is 604 g/mol. The van der Waals surface area contributed by atoms with Gasteiger partial charge in [0.2, 0.25) is 0 Å². The Bertz CT molecular complexity index is 1350. The predicted molar refractivity (Wildman–Crippen MR) is 152 cm³/mol. The normalized spacial score (nSPS) is 20.1. The monoisotopic (exact) mass is 635 g/mol. The van der Waals surface area contributed by atoms with Gasteiger partial charge in [-0.1, -0.05) is 0 Å². The molecule has 4 rings (SSSR count). The molecule has 0 bridgehead atoms. The molecule has 0 saturated carbocycles. The number of methoxy groups -OCH3 is 4. The van der Waals surface area contributed by atoms with Gasteiger partial charge in [-0.2, -0.15) is 0 Å². The number of nitrogens with zero attached hydrogens (tertiary/aromatic N) is 3. The Morgan fingerprint density at radius 3 is 1.98 bits per heavy atom. The number of hydrogen-bond acceptors (Lipinski definition) is 9. The Kier molecular flexibility index (Phi) is 9.54. The summed E-state index contributed by atoms with van der Waals surface area (Å²) in [6.45, 7) is 1.12. The zero-order chi connectivity index (χ0) is 29.7. The molecule has 0 radical (unpaired) electrons. The molecule has 9 nitrogen and oxygen atoms in total. The molecule has 0 aliphatic carbocycles. The lowest BCUT2D eigenvalue weighted by molar-refractivity contribution is -0.0280. The number of aliphatic imine (C=N–C) groups is 1. The molecule has 0 fully saturated rings. The molecule has 0 saturated heterocycles. The Morgan fingerprint density at radius 2 is 1.49 bits per heavy atom. The van der Waals surface area contributed by atoms with Crippen LogP contribution in [0.25, 0.3) is 0 Å². The summed E-state index contributed by atoms with van der Waals surface area (Å²) in [6, 6.07) is 13.3. The van der Waals surface area contributed by atoms with E-state index in [0.717, 1.165) is 11.1 Å². The summed E-state index contributed by atoms with van der Waals surface area (Å²) in [5.74, 6) is 1.54. The van der Waals surface area contributed by atoms with Crippen LogP contribution in [0.3, 0.4) is 0 Å². The van der Waals surface area contributed by atoms with Gasteiger partial charge in [0.25, 0.3) is 6.02 Å². The van der Waals surface area contributed by atoms with Crippen molar-refractivity contribution in [2.24, 2.45) is 4.99 Å². The van der Waals surface area contributed by atoms with Gasteiger partial charge in [0.15, 0.2) is 12.3 Å². The van der Waals surface area contributed by atoms with Crippen molar-refractivity contribution < 1.29 is 37.6 Å². The SMILES string of the molecule is COc1ccc(CN(Cc2ccc(OC)cc2OC)C2=NC(C)(c3nc(Br)ccc3F)C(F)C(CO)O2)c(OC)c1. The van der Waals surface area contributed by atoms with Crippen LogP contribution in [0.2, 0.25) is 0 Å². The summed E-state index contributed by atoms with van der Waals surface area (Å²) in [4.78, 5) is 10.6. The molecule has 0 amide bonds. The largest absolute Gasteiger partial charge is 0.497 e. The quantitative estimate of drug-likeness (QED) is 0.310. The highest BCUT2D eigenvalue weighted by atomic mass is 79.9. The minimum atomic E-state index is -1.90. The standard InChI is InChI=1S/C29H32BrF2N3O6/c1-29(27-21(31)10-11-25(30)33-27)26(32)24(16-36)41-28(34-29)35(14-17-6-8-19(37-2)12-22(17)39-4)15-18-7-9-20(38-3)13-23(18)40-5/h6-13,24,26,36H,14-16H2,1-5H3. The van der Waals surface area contributed by atoms with Gasteiger partial charge in [-0.25, -0.2) is 18.8 Å². The van der Waals surface area contributed by atoms with E-state index in [1.54, 1.807) is 43.4 Å². The van der Waals surface area contributed by atoms with Crippen molar-refractivity contribution in [1.29, 1.82) is 0 Å². The van der Waals surface area contributed by atoms with E-state index in [0.29, 0.717) is 27.6 Å². The van der Waals surface area contributed by atoms with Gasteiger partial charge < -0.3 is 33.7 Å². The summed E-state index contributed by atoms with van der Waals surface area (Å²) in [6.07, 6.45) is -3.24. The summed E-state index contributed by atoms with van der Waals surface area (Å²) in [7, 11) is 6.19. The maximum Gasteiger partial charge on any atom is 0.289 e. The average molecular weight is 636 g/mol. The molecule has 1 aliphatic heterocycles. The molecule has 41 heavy (non-hydrogen) atoms. The second-order valence-corrected chi connectivity index (χ2v) is 10.3. The average Bonchev–Trinajstić information content (AvgIpc) is 2.99. The first kappa shape index (κ1) is 30.3. The molecular formula is C29H32BrF2N3O6. The Morgan fingerprint density at radius 1 is 0.927 bits per heavy atom. The number of aliphatic hydroxyl groups is 1. The second-order valence-electron chi connectivity index (χ2n) is 9.46. The minimum Gasteiger partial charge on any atom is -0.497 e. The van der Waals surface area contributed by atoms with Crippen molar-refractivity contribution in [3.63, 3.8) is 0 Å². The van der Waals surface area contributed by atoms with E-state index in [1.807, 2.05) is 12.1 Å². The number of aromatic nitrogens is 1. The van der Waals surface area contributed by atoms with Gasteiger partial charge in [-0.05, 0) is 59.3 Å². The lowest BCUT2D eigenvalue weighted by Crippen LogP contribution is -2.53. The van der Waals surface area contributed by atoms with Gasteiger partial charge in [0.1, 0.15) is 44.7 Å². The number of pyridine rings is 1. The summed E-state index contributed by atoms with van der Waals surface area (Å²) in [5, 5.41) is 10.1. The number of hydrogen-bond donors (Lipinski definition) is 1. The van der Waals surface area contributed by atoms with Crippen molar-refractivity contribution >= 4 is 22.0 Å². The van der Waals surface area contributed by atoms with Crippen molar-refractivity contribution in [2.75, 3.05) is 35.0 Å². The minimum absolute atomic E-state index is 0.0163. The maximum atomic E-state index is 15.9. The summed E-state index contributed by atoms with van der Waals surface area (Å²) >= 11 is 3.24. The third-order valence-corrected chi connectivity index (χ3v) is 7.34. The maximum absolute atomic E-state index is 15.9. The molecule has 2 aromatic carbocycles. The van der Waals surface area contributed by atoms with Gasteiger partial charge in [0, 0.05) is 23.3 Å². The third kappa shape index (κ3) is 6.33. The highest BCUT2D eigenvalue weighted by molar-refractivity contribution is 9.10. The van der Waals surface area contributed by atoms with E-state index in [4.69, 9.17) is 23.7 Å². The highest BCUT2D eigenvalue weighted by Gasteiger charge is 2.50. The first-order valence-electron chi connectivity index (χ1n) is 12.7. The van der Waals surface area contributed by atoms with E-state index in [2.05, 4.69) is 25.9 Å². The molecule has 3 atom stereocenters. The summed E-state index contributed by atoms with van der Waals surface area (Å²) in [5.41, 5.74) is -0.560. The van der Waals surface area contributed by atoms with Gasteiger partial charge in [0.05, 0.1) is 48.1 Å². The smallest absolute Gasteiger partial charge is 0.289 e. The number of rotatable bonds is 10. The zero-order valence-corrected chi connectivity index (χ0v) is 24.9. The Labute approximate surface area is 245 Å². The van der Waals surface area contributed by atoms with Crippen molar-refractivity contribution in [3.05, 3.63) is 75.8 Å². The molecule has 3 aromatic rings. The molecule has 220 valence electrons. The second kappa shape index (κ2) is 12.9. The number of benzene rings is 2. The van der Waals surface area contributed by atoms with Gasteiger partial charge in [-0.15, -0.1) is 0 Å². The molecule has 1 aliphatic rings. The van der Waals surface area contributed by atoms with Crippen LogP contribution in [0.5, 0.6) is 23.0 Å². The van der Waals surface area contributed by atoms with Crippen LogP contribution in [0.15, 0.2) is 58.1 Å². The first-order valence-corrected chi connectivity index (χ1v) is 13.5. The zero-order valence-electron chi connectivity index (χ0n) is 23.4. The van der Waals surface area contributed by atoms with E-state index < -0.39 is 30.2 Å². The summed E-state index contributed by atoms with van der Waals surface area (Å²) < 4.78 is 59.1. The van der Waals surface area contributed by atoms with Gasteiger partial charge in [-0.3, -0.25) is 0 Å². The number of alkyl halides is 1. The lowest BCUT2D eigenvalue weighted by Gasteiger charge is -2.41. The molecule has 1 N–H and O–H groups in total. The molecule has 12 heteroatoms. The van der Waals surface area contributed by atoms with Crippen molar-refractivity contribution in [3.8, 4) is 23.0 Å². The first-order chi connectivity index (χ1) is 19.7. The fourth-order valence-electron chi connectivity index (χ4n) is 4.64. The molecule has 1 aromatic heterocycles. The van der Waals surface area contributed by atoms with Crippen LogP contribution in [0.4, 0.5) is 8.78 Å². The van der Waals surface area contributed by atoms with Crippen LogP contribution in [-0.4, -0.2) is 68.3 Å². The Balaban J connectivity index is 1.86. The lowest BCUT2D eigenvalue weighted by atomic mass is 9.87. The van der Waals surface area contributed by atoms with Gasteiger partial charge >= 0.3 is 0 Å². The van der Waals surface area contributed by atoms with Crippen LogP contribution < -0.4 is 18.9 Å².